The highest BCUT2D eigenvalue weighted by Crippen LogP contribution is 2.31. The molecule has 0 saturated heterocycles. The standard InChI is InChI=1S/C22H23N3O3/c1-13(26)23-20-12-15(8-10-21(20)28-2)24-22(27)14-7-9-19-17(11-14)16-5-3-4-6-18(16)25-19/h7-12,25H,3-6H2,1-2H3,(H,23,26)(H,24,27). The molecule has 3 aromatic rings. The smallest absolute Gasteiger partial charge is 0.255 e. The number of anilines is 2. The van der Waals surface area contributed by atoms with Crippen LogP contribution in [-0.4, -0.2) is 23.9 Å². The van der Waals surface area contributed by atoms with Gasteiger partial charge in [-0.05, 0) is 67.6 Å². The highest BCUT2D eigenvalue weighted by atomic mass is 16.5. The van der Waals surface area contributed by atoms with E-state index in [2.05, 4.69) is 15.6 Å². The molecule has 0 radical (unpaired) electrons. The van der Waals surface area contributed by atoms with Gasteiger partial charge in [-0.3, -0.25) is 9.59 Å². The normalized spacial score (nSPS) is 13.1. The number of carbonyl (C=O) groups excluding carboxylic acids is 2. The number of rotatable bonds is 4. The number of nitrogens with one attached hydrogen (secondary N) is 3. The lowest BCUT2D eigenvalue weighted by Crippen LogP contribution is -2.13. The first-order chi connectivity index (χ1) is 13.5. The van der Waals surface area contributed by atoms with Gasteiger partial charge in [0.25, 0.3) is 5.91 Å². The van der Waals surface area contributed by atoms with Crippen LogP contribution in [0.4, 0.5) is 11.4 Å². The van der Waals surface area contributed by atoms with E-state index in [4.69, 9.17) is 4.74 Å². The van der Waals surface area contributed by atoms with E-state index in [-0.39, 0.29) is 11.8 Å². The number of ether oxygens (including phenoxy) is 1. The van der Waals surface area contributed by atoms with Gasteiger partial charge in [-0.1, -0.05) is 0 Å². The maximum atomic E-state index is 12.8. The maximum absolute atomic E-state index is 12.8. The number of hydrogen-bond acceptors (Lipinski definition) is 3. The molecule has 0 unspecified atom stereocenters. The van der Waals surface area contributed by atoms with Crippen molar-refractivity contribution < 1.29 is 14.3 Å². The Kier molecular flexibility index (Phi) is 4.77. The molecule has 1 aliphatic rings. The molecule has 3 N–H and O–H groups in total. The predicted molar refractivity (Wildman–Crippen MR) is 110 cm³/mol. The van der Waals surface area contributed by atoms with Gasteiger partial charge in [0.2, 0.25) is 5.91 Å². The summed E-state index contributed by atoms with van der Waals surface area (Å²) in [6.07, 6.45) is 4.53. The average molecular weight is 377 g/mol. The largest absolute Gasteiger partial charge is 0.495 e. The minimum atomic E-state index is -0.204. The second-order valence-corrected chi connectivity index (χ2v) is 7.10. The Labute approximate surface area is 163 Å². The van der Waals surface area contributed by atoms with E-state index in [9.17, 15) is 9.59 Å². The Balaban J connectivity index is 1.60. The Hall–Kier alpha value is -3.28. The first kappa shape index (κ1) is 18.1. The van der Waals surface area contributed by atoms with Crippen LogP contribution in [0.15, 0.2) is 36.4 Å². The van der Waals surface area contributed by atoms with Gasteiger partial charge in [-0.2, -0.15) is 0 Å². The summed E-state index contributed by atoms with van der Waals surface area (Å²) in [6.45, 7) is 1.43. The minimum absolute atomic E-state index is 0.188. The zero-order chi connectivity index (χ0) is 19.7. The zero-order valence-electron chi connectivity index (χ0n) is 16.0. The van der Waals surface area contributed by atoms with Gasteiger partial charge in [0, 0.05) is 34.8 Å². The van der Waals surface area contributed by atoms with Crippen molar-refractivity contribution in [2.75, 3.05) is 17.7 Å². The Morgan fingerprint density at radius 1 is 1.04 bits per heavy atom. The summed E-state index contributed by atoms with van der Waals surface area (Å²) < 4.78 is 5.25. The van der Waals surface area contributed by atoms with Crippen molar-refractivity contribution >= 4 is 34.1 Å². The molecule has 1 heterocycles. The molecule has 144 valence electrons. The molecule has 0 aliphatic heterocycles. The molecule has 0 bridgehead atoms. The van der Waals surface area contributed by atoms with Gasteiger partial charge < -0.3 is 20.4 Å². The molecular weight excluding hydrogens is 354 g/mol. The Morgan fingerprint density at radius 3 is 2.64 bits per heavy atom. The lowest BCUT2D eigenvalue weighted by Gasteiger charge is -2.12. The molecular formula is C22H23N3O3. The van der Waals surface area contributed by atoms with Crippen molar-refractivity contribution in [2.24, 2.45) is 0 Å². The van der Waals surface area contributed by atoms with E-state index in [1.807, 2.05) is 18.2 Å². The number of aryl methyl sites for hydroxylation is 2. The summed E-state index contributed by atoms with van der Waals surface area (Å²) in [5.41, 5.74) is 5.44. The van der Waals surface area contributed by atoms with Crippen LogP contribution in [0, 0.1) is 0 Å². The van der Waals surface area contributed by atoms with Gasteiger partial charge in [-0.25, -0.2) is 0 Å². The second-order valence-electron chi connectivity index (χ2n) is 7.10. The SMILES string of the molecule is COc1ccc(NC(=O)c2ccc3[nH]c4c(c3c2)CCCC4)cc1NC(C)=O. The van der Waals surface area contributed by atoms with Gasteiger partial charge >= 0.3 is 0 Å². The summed E-state index contributed by atoms with van der Waals surface area (Å²) in [6, 6.07) is 10.9. The first-order valence-corrected chi connectivity index (χ1v) is 9.45. The summed E-state index contributed by atoms with van der Waals surface area (Å²) in [5.74, 6) is 0.143. The topological polar surface area (TPSA) is 83.2 Å². The number of aromatic amines is 1. The van der Waals surface area contributed by atoms with E-state index in [0.717, 1.165) is 23.7 Å². The third-order valence-corrected chi connectivity index (χ3v) is 5.13. The van der Waals surface area contributed by atoms with E-state index in [1.54, 1.807) is 18.2 Å². The summed E-state index contributed by atoms with van der Waals surface area (Å²) in [7, 11) is 1.53. The lowest BCUT2D eigenvalue weighted by atomic mass is 9.95. The quantitative estimate of drug-likeness (QED) is 0.635. The predicted octanol–water partition coefficient (Wildman–Crippen LogP) is 4.27. The fraction of sp³-hybridized carbons (Fsp3) is 0.273. The first-order valence-electron chi connectivity index (χ1n) is 9.45. The van der Waals surface area contributed by atoms with Crippen LogP contribution in [0.5, 0.6) is 5.75 Å². The number of H-pyrrole nitrogens is 1. The van der Waals surface area contributed by atoms with Gasteiger partial charge in [0.1, 0.15) is 5.75 Å². The van der Waals surface area contributed by atoms with E-state index >= 15 is 0 Å². The van der Waals surface area contributed by atoms with Crippen LogP contribution in [0.2, 0.25) is 0 Å². The fourth-order valence-corrected chi connectivity index (χ4v) is 3.82. The molecule has 0 spiro atoms. The number of amides is 2. The average Bonchev–Trinajstić information content (AvgIpc) is 3.05. The van der Waals surface area contributed by atoms with Gasteiger partial charge in [-0.15, -0.1) is 0 Å². The van der Waals surface area contributed by atoms with Crippen molar-refractivity contribution in [1.29, 1.82) is 0 Å². The molecule has 6 nitrogen and oxygen atoms in total. The van der Waals surface area contributed by atoms with Crippen molar-refractivity contribution in [3.05, 3.63) is 53.2 Å². The van der Waals surface area contributed by atoms with Crippen LogP contribution in [0.25, 0.3) is 10.9 Å². The van der Waals surface area contributed by atoms with Crippen molar-refractivity contribution in [3.63, 3.8) is 0 Å². The van der Waals surface area contributed by atoms with Crippen molar-refractivity contribution in [2.45, 2.75) is 32.6 Å². The number of methoxy groups -OCH3 is 1. The molecule has 0 fully saturated rings. The van der Waals surface area contributed by atoms with E-state index in [0.29, 0.717) is 22.7 Å². The van der Waals surface area contributed by atoms with Crippen LogP contribution in [0.1, 0.15) is 41.4 Å². The minimum Gasteiger partial charge on any atom is -0.495 e. The van der Waals surface area contributed by atoms with E-state index < -0.39 is 0 Å². The lowest BCUT2D eigenvalue weighted by molar-refractivity contribution is -0.114. The molecule has 0 saturated carbocycles. The Bertz CT molecular complexity index is 1070. The highest BCUT2D eigenvalue weighted by molar-refractivity contribution is 6.07. The third-order valence-electron chi connectivity index (χ3n) is 5.13. The number of fused-ring (bicyclic) bond motifs is 3. The summed E-state index contributed by atoms with van der Waals surface area (Å²) in [4.78, 5) is 27.7. The van der Waals surface area contributed by atoms with Crippen molar-refractivity contribution in [1.82, 2.24) is 4.98 Å². The molecule has 1 aliphatic carbocycles. The number of hydrogen-bond donors (Lipinski definition) is 3. The van der Waals surface area contributed by atoms with Crippen molar-refractivity contribution in [3.8, 4) is 5.75 Å². The second kappa shape index (κ2) is 7.38. The van der Waals surface area contributed by atoms with E-state index in [1.165, 1.54) is 38.1 Å². The third kappa shape index (κ3) is 3.45. The van der Waals surface area contributed by atoms with Crippen LogP contribution >= 0.6 is 0 Å². The summed E-state index contributed by atoms with van der Waals surface area (Å²) in [5, 5.41) is 6.75. The van der Waals surface area contributed by atoms with Crippen LogP contribution in [0.3, 0.4) is 0 Å². The maximum Gasteiger partial charge on any atom is 0.255 e. The van der Waals surface area contributed by atoms with Crippen LogP contribution in [-0.2, 0) is 17.6 Å². The number of aromatic nitrogens is 1. The highest BCUT2D eigenvalue weighted by Gasteiger charge is 2.17. The van der Waals surface area contributed by atoms with Gasteiger partial charge in [0.05, 0.1) is 12.8 Å². The Morgan fingerprint density at radius 2 is 1.86 bits per heavy atom. The molecule has 1 aromatic heterocycles. The molecule has 28 heavy (non-hydrogen) atoms. The monoisotopic (exact) mass is 377 g/mol. The van der Waals surface area contributed by atoms with Gasteiger partial charge in [0.15, 0.2) is 0 Å². The van der Waals surface area contributed by atoms with Crippen LogP contribution < -0.4 is 15.4 Å². The molecule has 4 rings (SSSR count). The molecule has 6 heteroatoms. The zero-order valence-corrected chi connectivity index (χ0v) is 16.0. The molecule has 0 atom stereocenters. The fourth-order valence-electron chi connectivity index (χ4n) is 3.82. The number of benzene rings is 2. The summed E-state index contributed by atoms with van der Waals surface area (Å²) >= 11 is 0. The number of carbonyl (C=O) groups is 2. The molecule has 2 amide bonds. The molecule has 2 aromatic carbocycles.